The van der Waals surface area contributed by atoms with Crippen LogP contribution in [-0.4, -0.2) is 35.0 Å². The molecule has 0 aliphatic carbocycles. The van der Waals surface area contributed by atoms with E-state index in [0.29, 0.717) is 18.8 Å². The Bertz CT molecular complexity index is 748. The predicted octanol–water partition coefficient (Wildman–Crippen LogP) is 2.52. The maximum absolute atomic E-state index is 12.4. The Labute approximate surface area is 148 Å². The standard InChI is InChI=1S/C19H25N3O3/c1-13-6-7-15(18(9-13)25-12-16-5-4-8-24-16)11-20-19(23)17-10-14(2)21-22(17)3/h6-7,9-10,16H,4-5,8,11-12H2,1-3H3,(H,20,23). The molecule has 2 heterocycles. The van der Waals surface area contributed by atoms with E-state index in [1.165, 1.54) is 0 Å². The van der Waals surface area contributed by atoms with Crippen molar-refractivity contribution in [2.24, 2.45) is 7.05 Å². The Morgan fingerprint density at radius 3 is 2.92 bits per heavy atom. The predicted molar refractivity (Wildman–Crippen MR) is 94.8 cm³/mol. The number of hydrogen-bond donors (Lipinski definition) is 1. The van der Waals surface area contributed by atoms with E-state index < -0.39 is 0 Å². The van der Waals surface area contributed by atoms with Crippen LogP contribution in [-0.2, 0) is 18.3 Å². The van der Waals surface area contributed by atoms with Crippen molar-refractivity contribution in [3.63, 3.8) is 0 Å². The number of aromatic nitrogens is 2. The molecule has 3 rings (SSSR count). The highest BCUT2D eigenvalue weighted by Crippen LogP contribution is 2.22. The van der Waals surface area contributed by atoms with E-state index in [2.05, 4.69) is 10.4 Å². The number of benzene rings is 1. The lowest BCUT2D eigenvalue weighted by Gasteiger charge is -2.16. The second-order valence-electron chi connectivity index (χ2n) is 6.53. The lowest BCUT2D eigenvalue weighted by Crippen LogP contribution is -2.25. The molecule has 0 radical (unpaired) electrons. The molecule has 25 heavy (non-hydrogen) atoms. The molecule has 1 atom stereocenters. The van der Waals surface area contributed by atoms with Crippen LogP contribution in [0.25, 0.3) is 0 Å². The van der Waals surface area contributed by atoms with Gasteiger partial charge in [-0.05, 0) is 44.4 Å². The molecule has 0 bridgehead atoms. The molecular formula is C19H25N3O3. The number of nitrogens with one attached hydrogen (secondary N) is 1. The van der Waals surface area contributed by atoms with E-state index in [1.807, 2.05) is 32.0 Å². The third kappa shape index (κ3) is 4.39. The van der Waals surface area contributed by atoms with Gasteiger partial charge in [-0.3, -0.25) is 9.48 Å². The zero-order valence-corrected chi connectivity index (χ0v) is 15.0. The minimum absolute atomic E-state index is 0.145. The number of hydrogen-bond acceptors (Lipinski definition) is 4. The number of carbonyl (C=O) groups excluding carboxylic acids is 1. The number of amides is 1. The summed E-state index contributed by atoms with van der Waals surface area (Å²) in [4.78, 5) is 12.4. The first-order chi connectivity index (χ1) is 12.0. The summed E-state index contributed by atoms with van der Waals surface area (Å²) in [5.74, 6) is 0.658. The summed E-state index contributed by atoms with van der Waals surface area (Å²) in [5, 5.41) is 7.15. The summed E-state index contributed by atoms with van der Waals surface area (Å²) in [7, 11) is 1.77. The number of carbonyl (C=O) groups is 1. The summed E-state index contributed by atoms with van der Waals surface area (Å²) in [6.45, 7) is 5.66. The number of rotatable bonds is 6. The van der Waals surface area contributed by atoms with Crippen molar-refractivity contribution in [1.82, 2.24) is 15.1 Å². The fourth-order valence-electron chi connectivity index (χ4n) is 2.99. The molecule has 1 N–H and O–H groups in total. The van der Waals surface area contributed by atoms with Crippen molar-refractivity contribution >= 4 is 5.91 Å². The van der Waals surface area contributed by atoms with Gasteiger partial charge in [-0.15, -0.1) is 0 Å². The first-order valence-electron chi connectivity index (χ1n) is 8.65. The van der Waals surface area contributed by atoms with Crippen LogP contribution < -0.4 is 10.1 Å². The molecule has 6 nitrogen and oxygen atoms in total. The van der Waals surface area contributed by atoms with Crippen molar-refractivity contribution in [3.05, 3.63) is 46.8 Å². The van der Waals surface area contributed by atoms with Gasteiger partial charge in [-0.25, -0.2) is 0 Å². The second-order valence-corrected chi connectivity index (χ2v) is 6.53. The van der Waals surface area contributed by atoms with E-state index in [-0.39, 0.29) is 12.0 Å². The SMILES string of the molecule is Cc1ccc(CNC(=O)c2cc(C)nn2C)c(OCC2CCCO2)c1. The van der Waals surface area contributed by atoms with E-state index in [4.69, 9.17) is 9.47 Å². The molecule has 1 unspecified atom stereocenters. The molecule has 1 fully saturated rings. The minimum atomic E-state index is -0.145. The Morgan fingerprint density at radius 1 is 1.40 bits per heavy atom. The first kappa shape index (κ1) is 17.5. The maximum Gasteiger partial charge on any atom is 0.269 e. The molecular weight excluding hydrogens is 318 g/mol. The monoisotopic (exact) mass is 343 g/mol. The van der Waals surface area contributed by atoms with Crippen molar-refractivity contribution in [2.45, 2.75) is 39.3 Å². The highest BCUT2D eigenvalue weighted by Gasteiger charge is 2.17. The molecule has 1 saturated heterocycles. The van der Waals surface area contributed by atoms with E-state index in [1.54, 1.807) is 17.8 Å². The van der Waals surface area contributed by atoms with Gasteiger partial charge in [0.25, 0.3) is 5.91 Å². The van der Waals surface area contributed by atoms with Gasteiger partial charge in [0.05, 0.1) is 11.8 Å². The van der Waals surface area contributed by atoms with Crippen LogP contribution >= 0.6 is 0 Å². The smallest absolute Gasteiger partial charge is 0.269 e. The van der Waals surface area contributed by atoms with Gasteiger partial charge in [0, 0.05) is 25.8 Å². The molecule has 134 valence electrons. The van der Waals surface area contributed by atoms with Crippen molar-refractivity contribution in [2.75, 3.05) is 13.2 Å². The first-order valence-corrected chi connectivity index (χ1v) is 8.65. The van der Waals surface area contributed by atoms with Crippen LogP contribution in [0.5, 0.6) is 5.75 Å². The largest absolute Gasteiger partial charge is 0.491 e. The van der Waals surface area contributed by atoms with Crippen LogP contribution in [0.4, 0.5) is 0 Å². The van der Waals surface area contributed by atoms with Gasteiger partial charge >= 0.3 is 0 Å². The molecule has 1 aromatic heterocycles. The highest BCUT2D eigenvalue weighted by atomic mass is 16.5. The van der Waals surface area contributed by atoms with Crippen LogP contribution in [0.3, 0.4) is 0 Å². The minimum Gasteiger partial charge on any atom is -0.491 e. The average molecular weight is 343 g/mol. The number of ether oxygens (including phenoxy) is 2. The van der Waals surface area contributed by atoms with Crippen molar-refractivity contribution < 1.29 is 14.3 Å². The van der Waals surface area contributed by atoms with Gasteiger partial charge in [0.2, 0.25) is 0 Å². The van der Waals surface area contributed by atoms with Gasteiger partial charge < -0.3 is 14.8 Å². The van der Waals surface area contributed by atoms with Crippen LogP contribution in [0.2, 0.25) is 0 Å². The normalized spacial score (nSPS) is 16.8. The molecule has 0 spiro atoms. The third-order valence-electron chi connectivity index (χ3n) is 4.35. The third-order valence-corrected chi connectivity index (χ3v) is 4.35. The van der Waals surface area contributed by atoms with Gasteiger partial charge in [-0.2, -0.15) is 5.10 Å². The number of nitrogens with zero attached hydrogens (tertiary/aromatic N) is 2. The zero-order valence-electron chi connectivity index (χ0n) is 15.0. The summed E-state index contributed by atoms with van der Waals surface area (Å²) in [6, 6.07) is 7.80. The van der Waals surface area contributed by atoms with Gasteiger partial charge in [0.1, 0.15) is 18.1 Å². The Morgan fingerprint density at radius 2 is 2.24 bits per heavy atom. The second kappa shape index (κ2) is 7.70. The fourth-order valence-corrected chi connectivity index (χ4v) is 2.99. The summed E-state index contributed by atoms with van der Waals surface area (Å²) in [6.07, 6.45) is 2.30. The average Bonchev–Trinajstić information content (AvgIpc) is 3.21. The molecule has 2 aromatic rings. The molecule has 1 amide bonds. The summed E-state index contributed by atoms with van der Waals surface area (Å²) in [5.41, 5.74) is 3.45. The zero-order chi connectivity index (χ0) is 17.8. The Kier molecular flexibility index (Phi) is 5.38. The Hall–Kier alpha value is -2.34. The molecule has 1 aliphatic rings. The number of aryl methyl sites for hydroxylation is 3. The van der Waals surface area contributed by atoms with Crippen molar-refractivity contribution in [1.29, 1.82) is 0 Å². The highest BCUT2D eigenvalue weighted by molar-refractivity contribution is 5.92. The van der Waals surface area contributed by atoms with Gasteiger partial charge in [-0.1, -0.05) is 12.1 Å². The van der Waals surface area contributed by atoms with Gasteiger partial charge in [0.15, 0.2) is 0 Å². The quantitative estimate of drug-likeness (QED) is 0.875. The van der Waals surface area contributed by atoms with Crippen molar-refractivity contribution in [3.8, 4) is 5.75 Å². The lowest BCUT2D eigenvalue weighted by molar-refractivity contribution is 0.0675. The molecule has 6 heteroatoms. The van der Waals surface area contributed by atoms with Crippen LogP contribution in [0.1, 0.15) is 40.2 Å². The van der Waals surface area contributed by atoms with E-state index in [0.717, 1.165) is 42.0 Å². The lowest BCUT2D eigenvalue weighted by atomic mass is 10.1. The fraction of sp³-hybridized carbons (Fsp3) is 0.474. The summed E-state index contributed by atoms with van der Waals surface area (Å²) < 4.78 is 13.2. The Balaban J connectivity index is 1.64. The van der Waals surface area contributed by atoms with E-state index in [9.17, 15) is 4.79 Å². The topological polar surface area (TPSA) is 65.4 Å². The maximum atomic E-state index is 12.4. The molecule has 1 aromatic carbocycles. The van der Waals surface area contributed by atoms with E-state index >= 15 is 0 Å². The van der Waals surface area contributed by atoms with Crippen LogP contribution in [0, 0.1) is 13.8 Å². The molecule has 1 aliphatic heterocycles. The summed E-state index contributed by atoms with van der Waals surface area (Å²) >= 11 is 0. The molecule has 0 saturated carbocycles. The van der Waals surface area contributed by atoms with Crippen LogP contribution in [0.15, 0.2) is 24.3 Å².